The van der Waals surface area contributed by atoms with Gasteiger partial charge in [-0.2, -0.15) is 18.3 Å². The molecule has 11 heteroatoms. The number of hydrogen-bond donors (Lipinski definition) is 2. The molecule has 2 amide bonds. The summed E-state index contributed by atoms with van der Waals surface area (Å²) in [7, 11) is 0. The van der Waals surface area contributed by atoms with Crippen molar-refractivity contribution < 1.29 is 22.8 Å². The Balaban J connectivity index is 1.43. The summed E-state index contributed by atoms with van der Waals surface area (Å²) in [5.74, 6) is -0.864. The third-order valence-electron chi connectivity index (χ3n) is 4.81. The molecule has 3 heterocycles. The van der Waals surface area contributed by atoms with Gasteiger partial charge in [-0.3, -0.25) is 20.4 Å². The molecule has 156 valence electrons. The van der Waals surface area contributed by atoms with E-state index >= 15 is 0 Å². The molecule has 0 fully saturated rings. The smallest absolute Gasteiger partial charge is 0.267 e. The quantitative estimate of drug-likeness (QED) is 0.619. The van der Waals surface area contributed by atoms with Crippen LogP contribution in [0.1, 0.15) is 48.1 Å². The molecule has 0 radical (unpaired) electrons. The van der Waals surface area contributed by atoms with Crippen LogP contribution in [0.3, 0.4) is 0 Å². The van der Waals surface area contributed by atoms with Crippen molar-refractivity contribution in [1.82, 2.24) is 25.6 Å². The highest BCUT2D eigenvalue weighted by atomic mass is 32.1. The number of pyridine rings is 1. The van der Waals surface area contributed by atoms with Crippen LogP contribution >= 0.6 is 11.3 Å². The van der Waals surface area contributed by atoms with E-state index in [1.807, 2.05) is 6.07 Å². The molecule has 3 aromatic heterocycles. The van der Waals surface area contributed by atoms with Gasteiger partial charge in [0, 0.05) is 11.1 Å². The summed E-state index contributed by atoms with van der Waals surface area (Å²) < 4.78 is 39.3. The molecule has 0 aliphatic heterocycles. The van der Waals surface area contributed by atoms with E-state index in [1.54, 1.807) is 6.92 Å². The SMILES string of the molecule is Cc1c(C(=O)NNC(=O)c2cc3c(s2)CCC3)cnn1-c1ccc(C(F)(F)F)cn1. The molecular formula is C19H16F3N5O2S. The van der Waals surface area contributed by atoms with Crippen LogP contribution in [0.4, 0.5) is 13.2 Å². The molecule has 0 atom stereocenters. The Kier molecular flexibility index (Phi) is 5.06. The normalized spacial score (nSPS) is 13.2. The lowest BCUT2D eigenvalue weighted by molar-refractivity contribution is -0.137. The first kappa shape index (κ1) is 20.1. The summed E-state index contributed by atoms with van der Waals surface area (Å²) in [6.07, 6.45) is 0.496. The van der Waals surface area contributed by atoms with Crippen LogP contribution in [0.5, 0.6) is 0 Å². The number of amides is 2. The third-order valence-corrected chi connectivity index (χ3v) is 6.04. The van der Waals surface area contributed by atoms with Crippen LogP contribution in [-0.4, -0.2) is 26.6 Å². The lowest BCUT2D eigenvalue weighted by Crippen LogP contribution is -2.41. The maximum Gasteiger partial charge on any atom is 0.417 e. The van der Waals surface area contributed by atoms with Gasteiger partial charge in [-0.15, -0.1) is 11.3 Å². The molecule has 1 aliphatic carbocycles. The molecular weight excluding hydrogens is 419 g/mol. The van der Waals surface area contributed by atoms with Crippen molar-refractivity contribution in [3.63, 3.8) is 0 Å². The van der Waals surface area contributed by atoms with Gasteiger partial charge in [0.2, 0.25) is 0 Å². The number of carbonyl (C=O) groups is 2. The van der Waals surface area contributed by atoms with Crippen molar-refractivity contribution in [1.29, 1.82) is 0 Å². The average Bonchev–Trinajstić information content (AvgIpc) is 3.40. The summed E-state index contributed by atoms with van der Waals surface area (Å²) in [5, 5.41) is 4.02. The van der Waals surface area contributed by atoms with Crippen molar-refractivity contribution in [3.8, 4) is 5.82 Å². The van der Waals surface area contributed by atoms with Gasteiger partial charge >= 0.3 is 6.18 Å². The summed E-state index contributed by atoms with van der Waals surface area (Å²) >= 11 is 1.42. The van der Waals surface area contributed by atoms with Gasteiger partial charge in [-0.25, -0.2) is 9.67 Å². The molecule has 0 aromatic carbocycles. The zero-order chi connectivity index (χ0) is 21.5. The minimum atomic E-state index is -4.49. The minimum absolute atomic E-state index is 0.136. The number of nitrogens with zero attached hydrogens (tertiary/aromatic N) is 3. The largest absolute Gasteiger partial charge is 0.417 e. The van der Waals surface area contributed by atoms with E-state index in [2.05, 4.69) is 20.9 Å². The number of hydrazine groups is 1. The van der Waals surface area contributed by atoms with E-state index in [0.717, 1.165) is 25.3 Å². The highest BCUT2D eigenvalue weighted by molar-refractivity contribution is 7.14. The minimum Gasteiger partial charge on any atom is -0.267 e. The second-order valence-electron chi connectivity index (χ2n) is 6.78. The van der Waals surface area contributed by atoms with Gasteiger partial charge < -0.3 is 0 Å². The fraction of sp³-hybridized carbons (Fsp3) is 0.263. The number of carbonyl (C=O) groups excluding carboxylic acids is 2. The van der Waals surface area contributed by atoms with E-state index in [4.69, 9.17) is 0 Å². The summed E-state index contributed by atoms with van der Waals surface area (Å²) in [4.78, 5) is 30.2. The van der Waals surface area contributed by atoms with E-state index in [1.165, 1.54) is 38.7 Å². The van der Waals surface area contributed by atoms with Crippen molar-refractivity contribution in [3.05, 3.63) is 62.7 Å². The number of fused-ring (bicyclic) bond motifs is 1. The first-order valence-electron chi connectivity index (χ1n) is 9.04. The highest BCUT2D eigenvalue weighted by Crippen LogP contribution is 2.30. The van der Waals surface area contributed by atoms with Gasteiger partial charge in [0.1, 0.15) is 0 Å². The number of rotatable bonds is 3. The fourth-order valence-electron chi connectivity index (χ4n) is 3.23. The highest BCUT2D eigenvalue weighted by Gasteiger charge is 2.31. The third kappa shape index (κ3) is 3.80. The topological polar surface area (TPSA) is 88.9 Å². The predicted octanol–water partition coefficient (Wildman–Crippen LogP) is 3.22. The number of nitrogens with one attached hydrogen (secondary N) is 2. The van der Waals surface area contributed by atoms with Crippen molar-refractivity contribution in [2.45, 2.75) is 32.4 Å². The van der Waals surface area contributed by atoms with Gasteiger partial charge in [-0.1, -0.05) is 0 Å². The standard InChI is InChI=1S/C19H16F3N5O2S/c1-10-13(9-24-27(10)16-6-5-12(8-23-16)19(20,21)22)17(28)25-26-18(29)15-7-11-3-2-4-14(11)30-15/h5-9H,2-4H2,1H3,(H,25,28)(H,26,29). The molecule has 0 bridgehead atoms. The Hall–Kier alpha value is -3.21. The van der Waals surface area contributed by atoms with Gasteiger partial charge in [-0.05, 0) is 49.9 Å². The average molecular weight is 435 g/mol. The number of alkyl halides is 3. The van der Waals surface area contributed by atoms with Crippen LogP contribution in [-0.2, 0) is 19.0 Å². The Morgan fingerprint density at radius 1 is 1.13 bits per heavy atom. The number of aryl methyl sites for hydroxylation is 2. The molecule has 30 heavy (non-hydrogen) atoms. The number of hydrogen-bond acceptors (Lipinski definition) is 5. The van der Waals surface area contributed by atoms with E-state index in [-0.39, 0.29) is 11.4 Å². The monoisotopic (exact) mass is 435 g/mol. The number of aromatic nitrogens is 3. The number of halogens is 3. The first-order valence-corrected chi connectivity index (χ1v) is 9.86. The van der Waals surface area contributed by atoms with Crippen LogP contribution in [0.2, 0.25) is 0 Å². The Labute approximate surface area is 172 Å². The molecule has 7 nitrogen and oxygen atoms in total. The van der Waals surface area contributed by atoms with E-state index < -0.39 is 23.6 Å². The molecule has 0 spiro atoms. The Morgan fingerprint density at radius 3 is 2.57 bits per heavy atom. The zero-order valence-corrected chi connectivity index (χ0v) is 16.5. The maximum atomic E-state index is 12.7. The summed E-state index contributed by atoms with van der Waals surface area (Å²) in [5.41, 5.74) is 5.55. The molecule has 3 aromatic rings. The summed E-state index contributed by atoms with van der Waals surface area (Å²) in [6.45, 7) is 1.58. The molecule has 2 N–H and O–H groups in total. The molecule has 1 aliphatic rings. The summed E-state index contributed by atoms with van der Waals surface area (Å²) in [6, 6.07) is 3.90. The van der Waals surface area contributed by atoms with Crippen molar-refractivity contribution >= 4 is 23.2 Å². The molecule has 0 saturated carbocycles. The van der Waals surface area contributed by atoms with Crippen LogP contribution < -0.4 is 10.9 Å². The van der Waals surface area contributed by atoms with Crippen molar-refractivity contribution in [2.75, 3.05) is 0 Å². The fourth-order valence-corrected chi connectivity index (χ4v) is 4.37. The lowest BCUT2D eigenvalue weighted by Gasteiger charge is -2.09. The van der Waals surface area contributed by atoms with Gasteiger partial charge in [0.15, 0.2) is 5.82 Å². The molecule has 4 rings (SSSR count). The van der Waals surface area contributed by atoms with Crippen LogP contribution in [0.25, 0.3) is 5.82 Å². The van der Waals surface area contributed by atoms with Crippen molar-refractivity contribution in [2.24, 2.45) is 0 Å². The predicted molar refractivity (Wildman–Crippen MR) is 102 cm³/mol. The van der Waals surface area contributed by atoms with Gasteiger partial charge in [0.25, 0.3) is 11.8 Å². The first-order chi connectivity index (χ1) is 14.2. The van der Waals surface area contributed by atoms with E-state index in [0.29, 0.717) is 16.8 Å². The Morgan fingerprint density at radius 2 is 1.90 bits per heavy atom. The maximum absolute atomic E-state index is 12.7. The van der Waals surface area contributed by atoms with E-state index in [9.17, 15) is 22.8 Å². The lowest BCUT2D eigenvalue weighted by atomic mass is 10.2. The zero-order valence-electron chi connectivity index (χ0n) is 15.7. The number of thiophene rings is 1. The van der Waals surface area contributed by atoms with Crippen LogP contribution in [0.15, 0.2) is 30.6 Å². The Bertz CT molecular complexity index is 1100. The molecule has 0 unspecified atom stereocenters. The van der Waals surface area contributed by atoms with Gasteiger partial charge in [0.05, 0.1) is 27.9 Å². The van der Waals surface area contributed by atoms with Crippen LogP contribution in [0, 0.1) is 6.92 Å². The molecule has 0 saturated heterocycles. The second-order valence-corrected chi connectivity index (χ2v) is 7.92. The second kappa shape index (κ2) is 7.56.